The zero-order valence-corrected chi connectivity index (χ0v) is 10.7. The standard InChI is InChI=1S/C13H24N2O2/c1-16-13(8-4-2-3-5-9-13)12(15-14)11-7-6-10-17-11/h7,12,15H,2-6,8-10,14H2,1H3. The molecule has 4 nitrogen and oxygen atoms in total. The molecule has 1 heterocycles. The van der Waals surface area contributed by atoms with Crippen molar-refractivity contribution in [3.8, 4) is 0 Å². The second kappa shape index (κ2) is 5.85. The van der Waals surface area contributed by atoms with Crippen LogP contribution in [0.2, 0.25) is 0 Å². The second-order valence-electron chi connectivity index (χ2n) is 5.03. The maximum absolute atomic E-state index is 5.86. The SMILES string of the molecule is COC1(C(NN)C2=CCCO2)CCCCCC1. The molecule has 17 heavy (non-hydrogen) atoms. The molecule has 3 N–H and O–H groups in total. The number of methoxy groups -OCH3 is 1. The lowest BCUT2D eigenvalue weighted by molar-refractivity contribution is -0.0545. The first-order valence-corrected chi connectivity index (χ1v) is 6.66. The van der Waals surface area contributed by atoms with Crippen LogP contribution in [-0.2, 0) is 9.47 Å². The van der Waals surface area contributed by atoms with Gasteiger partial charge in [0.15, 0.2) is 0 Å². The summed E-state index contributed by atoms with van der Waals surface area (Å²) < 4.78 is 11.5. The summed E-state index contributed by atoms with van der Waals surface area (Å²) in [5.74, 6) is 6.71. The molecule has 1 unspecified atom stereocenters. The van der Waals surface area contributed by atoms with Crippen molar-refractivity contribution in [1.82, 2.24) is 5.43 Å². The lowest BCUT2D eigenvalue weighted by atomic mass is 9.85. The molecule has 1 atom stereocenters. The molecule has 98 valence electrons. The Kier molecular flexibility index (Phi) is 4.42. The van der Waals surface area contributed by atoms with Crippen LogP contribution >= 0.6 is 0 Å². The Bertz CT molecular complexity index is 271. The predicted octanol–water partition coefficient (Wildman–Crippen LogP) is 1.86. The van der Waals surface area contributed by atoms with Crippen molar-refractivity contribution in [2.24, 2.45) is 5.84 Å². The van der Waals surface area contributed by atoms with Gasteiger partial charge in [0.25, 0.3) is 0 Å². The molecule has 1 saturated carbocycles. The normalized spacial score (nSPS) is 25.9. The van der Waals surface area contributed by atoms with Gasteiger partial charge in [0.2, 0.25) is 0 Å². The fourth-order valence-corrected chi connectivity index (χ4v) is 3.07. The fourth-order valence-electron chi connectivity index (χ4n) is 3.07. The van der Waals surface area contributed by atoms with Crippen LogP contribution in [0.5, 0.6) is 0 Å². The average Bonchev–Trinajstić information content (AvgIpc) is 2.76. The van der Waals surface area contributed by atoms with Gasteiger partial charge in [0.05, 0.1) is 12.2 Å². The lowest BCUT2D eigenvalue weighted by Crippen LogP contribution is -2.55. The smallest absolute Gasteiger partial charge is 0.113 e. The van der Waals surface area contributed by atoms with Crippen molar-refractivity contribution >= 4 is 0 Å². The summed E-state index contributed by atoms with van der Waals surface area (Å²) in [6.07, 6.45) is 10.2. The van der Waals surface area contributed by atoms with Crippen LogP contribution in [0.1, 0.15) is 44.9 Å². The average molecular weight is 240 g/mol. The minimum absolute atomic E-state index is 0.00639. The minimum Gasteiger partial charge on any atom is -0.496 e. The molecule has 0 amide bonds. The van der Waals surface area contributed by atoms with E-state index in [1.807, 2.05) is 0 Å². The molecule has 0 spiro atoms. The monoisotopic (exact) mass is 240 g/mol. The van der Waals surface area contributed by atoms with E-state index in [2.05, 4.69) is 11.5 Å². The van der Waals surface area contributed by atoms with Crippen molar-refractivity contribution in [3.05, 3.63) is 11.8 Å². The third-order valence-electron chi connectivity index (χ3n) is 4.07. The molecule has 0 aromatic heterocycles. The van der Waals surface area contributed by atoms with Crippen LogP contribution in [0.25, 0.3) is 0 Å². The molecular weight excluding hydrogens is 216 g/mol. The molecule has 0 saturated heterocycles. The molecule has 1 aliphatic carbocycles. The Balaban J connectivity index is 2.17. The molecule has 0 bridgehead atoms. The number of nitrogens with two attached hydrogens (primary N) is 1. The summed E-state index contributed by atoms with van der Waals surface area (Å²) in [5.41, 5.74) is 2.72. The van der Waals surface area contributed by atoms with Gasteiger partial charge in [-0.3, -0.25) is 5.84 Å². The Morgan fingerprint density at radius 1 is 1.35 bits per heavy atom. The van der Waals surface area contributed by atoms with E-state index in [1.54, 1.807) is 7.11 Å². The summed E-state index contributed by atoms with van der Waals surface area (Å²) in [7, 11) is 1.80. The van der Waals surface area contributed by atoms with Gasteiger partial charge in [-0.15, -0.1) is 0 Å². The first-order chi connectivity index (χ1) is 8.32. The molecule has 1 fully saturated rings. The van der Waals surface area contributed by atoms with E-state index >= 15 is 0 Å². The van der Waals surface area contributed by atoms with Crippen molar-refractivity contribution in [2.45, 2.75) is 56.6 Å². The van der Waals surface area contributed by atoms with Crippen LogP contribution in [0.3, 0.4) is 0 Å². The zero-order chi connectivity index (χ0) is 12.1. The van der Waals surface area contributed by atoms with Gasteiger partial charge in [0.1, 0.15) is 11.8 Å². The van der Waals surface area contributed by atoms with Crippen LogP contribution in [-0.4, -0.2) is 25.4 Å². The second-order valence-corrected chi connectivity index (χ2v) is 5.03. The van der Waals surface area contributed by atoms with Gasteiger partial charge in [-0.2, -0.15) is 0 Å². The summed E-state index contributed by atoms with van der Waals surface area (Å²) in [5, 5.41) is 0. The topological polar surface area (TPSA) is 56.5 Å². The third kappa shape index (κ3) is 2.64. The van der Waals surface area contributed by atoms with Crippen LogP contribution in [0.4, 0.5) is 0 Å². The Labute approximate surface area is 104 Å². The van der Waals surface area contributed by atoms with E-state index in [-0.39, 0.29) is 11.6 Å². The van der Waals surface area contributed by atoms with Gasteiger partial charge in [-0.25, -0.2) is 5.43 Å². The van der Waals surface area contributed by atoms with E-state index in [4.69, 9.17) is 15.3 Å². The van der Waals surface area contributed by atoms with E-state index in [9.17, 15) is 0 Å². The van der Waals surface area contributed by atoms with Crippen LogP contribution < -0.4 is 11.3 Å². The number of hydrazine groups is 1. The number of hydrogen-bond acceptors (Lipinski definition) is 4. The van der Waals surface area contributed by atoms with Crippen molar-refractivity contribution in [1.29, 1.82) is 0 Å². The van der Waals surface area contributed by atoms with Crippen LogP contribution in [0.15, 0.2) is 11.8 Å². The highest BCUT2D eigenvalue weighted by Crippen LogP contribution is 2.36. The number of nitrogens with one attached hydrogen (secondary N) is 1. The third-order valence-corrected chi connectivity index (χ3v) is 4.07. The maximum atomic E-state index is 5.86. The first-order valence-electron chi connectivity index (χ1n) is 6.66. The molecule has 0 radical (unpaired) electrons. The zero-order valence-electron chi connectivity index (χ0n) is 10.7. The van der Waals surface area contributed by atoms with Gasteiger partial charge >= 0.3 is 0 Å². The van der Waals surface area contributed by atoms with E-state index in [1.165, 1.54) is 25.7 Å². The van der Waals surface area contributed by atoms with Crippen molar-refractivity contribution < 1.29 is 9.47 Å². The highest BCUT2D eigenvalue weighted by molar-refractivity contribution is 5.14. The molecule has 0 aromatic carbocycles. The predicted molar refractivity (Wildman–Crippen MR) is 67.2 cm³/mol. The summed E-state index contributed by atoms with van der Waals surface area (Å²) in [6.45, 7) is 0.771. The molecule has 1 aliphatic heterocycles. The Morgan fingerprint density at radius 2 is 2.06 bits per heavy atom. The quantitative estimate of drug-likeness (QED) is 0.447. The minimum atomic E-state index is -0.193. The Morgan fingerprint density at radius 3 is 2.53 bits per heavy atom. The van der Waals surface area contributed by atoms with Crippen molar-refractivity contribution in [2.75, 3.05) is 13.7 Å². The van der Waals surface area contributed by atoms with Crippen molar-refractivity contribution in [3.63, 3.8) is 0 Å². The summed E-state index contributed by atoms with van der Waals surface area (Å²) in [6, 6.07) is -0.00639. The Hall–Kier alpha value is -0.580. The molecule has 0 aromatic rings. The number of rotatable bonds is 4. The highest BCUT2D eigenvalue weighted by atomic mass is 16.5. The lowest BCUT2D eigenvalue weighted by Gasteiger charge is -2.39. The van der Waals surface area contributed by atoms with Gasteiger partial charge in [-0.1, -0.05) is 25.7 Å². The van der Waals surface area contributed by atoms with E-state index in [0.717, 1.165) is 31.6 Å². The molecular formula is C13H24N2O2. The van der Waals surface area contributed by atoms with E-state index in [0.29, 0.717) is 0 Å². The van der Waals surface area contributed by atoms with Gasteiger partial charge < -0.3 is 9.47 Å². The summed E-state index contributed by atoms with van der Waals surface area (Å²) >= 11 is 0. The maximum Gasteiger partial charge on any atom is 0.113 e. The fraction of sp³-hybridized carbons (Fsp3) is 0.846. The van der Waals surface area contributed by atoms with Gasteiger partial charge in [0, 0.05) is 13.5 Å². The van der Waals surface area contributed by atoms with Gasteiger partial charge in [-0.05, 0) is 18.9 Å². The molecule has 2 aliphatic rings. The number of ether oxygens (including phenoxy) is 2. The van der Waals surface area contributed by atoms with Crippen LogP contribution in [0, 0.1) is 0 Å². The molecule has 4 heteroatoms. The highest BCUT2D eigenvalue weighted by Gasteiger charge is 2.42. The summed E-state index contributed by atoms with van der Waals surface area (Å²) in [4.78, 5) is 0. The molecule has 2 rings (SSSR count). The largest absolute Gasteiger partial charge is 0.496 e. The first kappa shape index (κ1) is 12.9. The van der Waals surface area contributed by atoms with E-state index < -0.39 is 0 Å². The number of hydrogen-bond donors (Lipinski definition) is 2.